The maximum Gasteiger partial charge on any atom is 0.328 e. The molecule has 1 saturated carbocycles. The topological polar surface area (TPSA) is 135 Å². The number of oxazole rings is 1. The molecule has 2 N–H and O–H groups in total. The Morgan fingerprint density at radius 1 is 1.06 bits per heavy atom. The lowest BCUT2D eigenvalue weighted by Crippen LogP contribution is -2.44. The van der Waals surface area contributed by atoms with Crippen molar-refractivity contribution in [3.05, 3.63) is 41.8 Å². The van der Waals surface area contributed by atoms with Gasteiger partial charge in [-0.1, -0.05) is 26.0 Å². The van der Waals surface area contributed by atoms with Gasteiger partial charge in [-0.2, -0.15) is 5.10 Å². The van der Waals surface area contributed by atoms with E-state index in [0.717, 1.165) is 18.4 Å². The summed E-state index contributed by atoms with van der Waals surface area (Å²) < 4.78 is 10.4. The van der Waals surface area contributed by atoms with Crippen LogP contribution in [0.3, 0.4) is 0 Å². The summed E-state index contributed by atoms with van der Waals surface area (Å²) in [4.78, 5) is 41.2. The van der Waals surface area contributed by atoms with E-state index in [0.29, 0.717) is 29.3 Å². The fraction of sp³-hybridized carbons (Fsp3) is 0.440. The van der Waals surface area contributed by atoms with Crippen LogP contribution in [0.2, 0.25) is 0 Å². The SMILES string of the molecule is COC(=O)[C@@H](NC(=O)c1cnc(-c2cccc(C3=NN=C(C(=O)N[C@@H](C)C4CC4)C3)c2)o1)C(C)C. The smallest absolute Gasteiger partial charge is 0.328 e. The number of hydrogen-bond acceptors (Lipinski definition) is 8. The Labute approximate surface area is 203 Å². The second-order valence-corrected chi connectivity index (χ2v) is 9.20. The van der Waals surface area contributed by atoms with Crippen LogP contribution in [0.4, 0.5) is 0 Å². The summed E-state index contributed by atoms with van der Waals surface area (Å²) in [7, 11) is 1.27. The van der Waals surface area contributed by atoms with E-state index in [-0.39, 0.29) is 29.5 Å². The predicted molar refractivity (Wildman–Crippen MR) is 129 cm³/mol. The van der Waals surface area contributed by atoms with Crippen molar-refractivity contribution < 1.29 is 23.5 Å². The van der Waals surface area contributed by atoms with Crippen LogP contribution >= 0.6 is 0 Å². The van der Waals surface area contributed by atoms with Gasteiger partial charge in [0.05, 0.1) is 19.0 Å². The summed E-state index contributed by atoms with van der Waals surface area (Å²) >= 11 is 0. The predicted octanol–water partition coefficient (Wildman–Crippen LogP) is 2.73. The van der Waals surface area contributed by atoms with E-state index in [1.54, 1.807) is 19.9 Å². The second kappa shape index (κ2) is 10.2. The molecule has 35 heavy (non-hydrogen) atoms. The summed E-state index contributed by atoms with van der Waals surface area (Å²) in [6, 6.07) is 6.63. The van der Waals surface area contributed by atoms with E-state index in [2.05, 4.69) is 25.8 Å². The van der Waals surface area contributed by atoms with Crippen LogP contribution in [0.15, 0.2) is 45.1 Å². The van der Waals surface area contributed by atoms with Crippen LogP contribution in [-0.4, -0.2) is 53.4 Å². The number of rotatable bonds is 9. The third kappa shape index (κ3) is 5.64. The highest BCUT2D eigenvalue weighted by Crippen LogP contribution is 2.32. The molecule has 1 aliphatic carbocycles. The Morgan fingerprint density at radius 3 is 2.49 bits per heavy atom. The molecule has 0 spiro atoms. The molecule has 10 nitrogen and oxygen atoms in total. The van der Waals surface area contributed by atoms with Crippen molar-refractivity contribution in [2.45, 2.75) is 52.1 Å². The highest BCUT2D eigenvalue weighted by Gasteiger charge is 2.31. The van der Waals surface area contributed by atoms with E-state index < -0.39 is 17.9 Å². The van der Waals surface area contributed by atoms with Crippen LogP contribution in [0.25, 0.3) is 11.5 Å². The summed E-state index contributed by atoms with van der Waals surface area (Å²) in [5.41, 5.74) is 2.47. The molecular formula is C25H29N5O5. The fourth-order valence-corrected chi connectivity index (χ4v) is 3.82. The van der Waals surface area contributed by atoms with Crippen LogP contribution in [-0.2, 0) is 14.3 Å². The molecule has 1 aromatic heterocycles. The minimum atomic E-state index is -0.802. The van der Waals surface area contributed by atoms with Gasteiger partial charge < -0.3 is 19.8 Å². The summed E-state index contributed by atoms with van der Waals surface area (Å²) in [5, 5.41) is 13.9. The Kier molecular flexibility index (Phi) is 7.09. The van der Waals surface area contributed by atoms with Gasteiger partial charge in [-0.05, 0) is 49.3 Å². The Hall–Kier alpha value is -3.82. The lowest BCUT2D eigenvalue weighted by molar-refractivity contribution is -0.144. The highest BCUT2D eigenvalue weighted by molar-refractivity contribution is 6.44. The number of carbonyl (C=O) groups is 3. The first-order valence-electron chi connectivity index (χ1n) is 11.7. The first-order valence-corrected chi connectivity index (χ1v) is 11.7. The maximum atomic E-state index is 12.6. The van der Waals surface area contributed by atoms with Gasteiger partial charge >= 0.3 is 5.97 Å². The molecule has 4 rings (SSSR count). The molecule has 2 heterocycles. The van der Waals surface area contributed by atoms with Crippen molar-refractivity contribution in [2.75, 3.05) is 7.11 Å². The van der Waals surface area contributed by atoms with E-state index in [9.17, 15) is 14.4 Å². The first-order chi connectivity index (χ1) is 16.8. The minimum Gasteiger partial charge on any atom is -0.467 e. The van der Waals surface area contributed by atoms with Gasteiger partial charge in [0.25, 0.3) is 11.8 Å². The van der Waals surface area contributed by atoms with Gasteiger partial charge in [-0.3, -0.25) is 9.59 Å². The zero-order chi connectivity index (χ0) is 25.1. The van der Waals surface area contributed by atoms with Crippen LogP contribution in [0, 0.1) is 11.8 Å². The van der Waals surface area contributed by atoms with Crippen LogP contribution in [0.5, 0.6) is 0 Å². The monoisotopic (exact) mass is 479 g/mol. The number of hydrogen-bond donors (Lipinski definition) is 2. The number of nitrogens with zero attached hydrogens (tertiary/aromatic N) is 3. The zero-order valence-corrected chi connectivity index (χ0v) is 20.2. The number of ether oxygens (including phenoxy) is 1. The quantitative estimate of drug-likeness (QED) is 0.531. The largest absolute Gasteiger partial charge is 0.467 e. The average molecular weight is 480 g/mol. The van der Waals surface area contributed by atoms with E-state index in [1.807, 2.05) is 25.1 Å². The minimum absolute atomic E-state index is 0.0229. The lowest BCUT2D eigenvalue weighted by atomic mass is 10.0. The number of nitrogens with one attached hydrogen (secondary N) is 2. The molecule has 0 unspecified atom stereocenters. The van der Waals surface area contributed by atoms with Crippen molar-refractivity contribution in [1.82, 2.24) is 15.6 Å². The van der Waals surface area contributed by atoms with Crippen molar-refractivity contribution in [1.29, 1.82) is 0 Å². The molecule has 1 aliphatic heterocycles. The summed E-state index contributed by atoms with van der Waals surface area (Å²) in [5.74, 6) is -0.665. The van der Waals surface area contributed by atoms with Crippen molar-refractivity contribution in [3.8, 4) is 11.5 Å². The summed E-state index contributed by atoms with van der Waals surface area (Å²) in [6.07, 6.45) is 3.94. The fourth-order valence-electron chi connectivity index (χ4n) is 3.82. The molecule has 184 valence electrons. The van der Waals surface area contributed by atoms with Crippen molar-refractivity contribution in [2.24, 2.45) is 22.0 Å². The van der Waals surface area contributed by atoms with Crippen LogP contribution in [0.1, 0.15) is 56.2 Å². The van der Waals surface area contributed by atoms with Gasteiger partial charge in [0, 0.05) is 18.0 Å². The molecule has 0 bridgehead atoms. The standard InChI is InChI=1S/C25H29N5O5/c1-13(2)21(25(33)34-4)28-23(32)20-12-26-24(35-20)17-7-5-6-16(10-17)18-11-19(30-29-18)22(31)27-14(3)15-8-9-15/h5-7,10,12-15,21H,8-9,11H2,1-4H3,(H,27,31)(H,28,32)/t14-,21-/m0/s1. The van der Waals surface area contributed by atoms with Gasteiger partial charge in [0.2, 0.25) is 11.7 Å². The van der Waals surface area contributed by atoms with E-state index in [4.69, 9.17) is 9.15 Å². The zero-order valence-electron chi connectivity index (χ0n) is 20.2. The number of amides is 2. The number of benzene rings is 1. The highest BCUT2D eigenvalue weighted by atomic mass is 16.5. The molecule has 1 fully saturated rings. The third-order valence-electron chi connectivity index (χ3n) is 6.16. The molecule has 2 atom stereocenters. The Balaban J connectivity index is 1.41. The molecule has 2 aliphatic rings. The maximum absolute atomic E-state index is 12.6. The van der Waals surface area contributed by atoms with Gasteiger partial charge in [0.15, 0.2) is 0 Å². The van der Waals surface area contributed by atoms with Gasteiger partial charge in [-0.25, -0.2) is 9.78 Å². The molecule has 0 radical (unpaired) electrons. The Bertz CT molecular complexity index is 1190. The normalized spacial score (nSPS) is 16.8. The molecule has 10 heteroatoms. The molecule has 2 amide bonds. The molecule has 0 saturated heterocycles. The molecule has 1 aromatic carbocycles. The van der Waals surface area contributed by atoms with E-state index in [1.165, 1.54) is 13.3 Å². The van der Waals surface area contributed by atoms with E-state index >= 15 is 0 Å². The van der Waals surface area contributed by atoms with Gasteiger partial charge in [0.1, 0.15) is 11.8 Å². The number of carbonyl (C=O) groups excluding carboxylic acids is 3. The number of esters is 1. The molecular weight excluding hydrogens is 450 g/mol. The Morgan fingerprint density at radius 2 is 1.80 bits per heavy atom. The second-order valence-electron chi connectivity index (χ2n) is 9.20. The van der Waals surface area contributed by atoms with Crippen molar-refractivity contribution in [3.63, 3.8) is 0 Å². The number of methoxy groups -OCH3 is 1. The first kappa shape index (κ1) is 24.3. The lowest BCUT2D eigenvalue weighted by Gasteiger charge is -2.18. The average Bonchev–Trinajstić information content (AvgIpc) is 3.37. The number of aromatic nitrogens is 1. The van der Waals surface area contributed by atoms with Crippen LogP contribution < -0.4 is 10.6 Å². The van der Waals surface area contributed by atoms with Gasteiger partial charge in [-0.15, -0.1) is 5.10 Å². The summed E-state index contributed by atoms with van der Waals surface area (Å²) in [6.45, 7) is 5.62. The third-order valence-corrected chi connectivity index (χ3v) is 6.16. The molecule has 2 aromatic rings. The van der Waals surface area contributed by atoms with Crippen molar-refractivity contribution >= 4 is 29.2 Å².